The van der Waals surface area contributed by atoms with E-state index in [2.05, 4.69) is 51.4 Å². The van der Waals surface area contributed by atoms with E-state index in [4.69, 9.17) is 0 Å². The molecule has 3 aromatic rings. The molecule has 0 unspecified atom stereocenters. The smallest absolute Gasteiger partial charge is 0.141 e. The monoisotopic (exact) mass is 309 g/mol. The molecule has 0 amide bonds. The molecule has 0 N–H and O–H groups in total. The van der Waals surface area contributed by atoms with E-state index in [-0.39, 0.29) is 0 Å². The van der Waals surface area contributed by atoms with Gasteiger partial charge >= 0.3 is 0 Å². The van der Waals surface area contributed by atoms with E-state index in [9.17, 15) is 0 Å². The van der Waals surface area contributed by atoms with Gasteiger partial charge in [-0.25, -0.2) is 9.97 Å². The summed E-state index contributed by atoms with van der Waals surface area (Å²) in [6.07, 6.45) is 5.30. The Morgan fingerprint density at radius 1 is 1.09 bits per heavy atom. The molecular weight excluding hydrogens is 290 g/mol. The van der Waals surface area contributed by atoms with Crippen molar-refractivity contribution in [1.29, 1.82) is 0 Å². The van der Waals surface area contributed by atoms with Crippen molar-refractivity contribution in [3.8, 4) is 11.1 Å². The Morgan fingerprint density at radius 3 is 2.59 bits per heavy atom. The van der Waals surface area contributed by atoms with E-state index in [0.29, 0.717) is 0 Å². The fourth-order valence-electron chi connectivity index (χ4n) is 3.16. The van der Waals surface area contributed by atoms with Crippen LogP contribution in [-0.2, 0) is 6.42 Å². The van der Waals surface area contributed by atoms with Crippen molar-refractivity contribution in [2.75, 3.05) is 18.0 Å². The molecule has 0 radical (unpaired) electrons. The minimum absolute atomic E-state index is 1.08. The van der Waals surface area contributed by atoms with Gasteiger partial charge in [0.2, 0.25) is 0 Å². The van der Waals surface area contributed by atoms with Gasteiger partial charge < -0.3 is 4.90 Å². The van der Waals surface area contributed by atoms with Crippen molar-refractivity contribution < 1.29 is 0 Å². The summed E-state index contributed by atoms with van der Waals surface area (Å²) in [6, 6.07) is 8.89. The first-order valence-corrected chi connectivity index (χ1v) is 8.81. The molecule has 2 aromatic heterocycles. The normalized spacial score (nSPS) is 14.9. The zero-order chi connectivity index (χ0) is 14.9. The molecule has 0 bridgehead atoms. The molecule has 1 aliphatic rings. The zero-order valence-corrected chi connectivity index (χ0v) is 13.6. The standard InChI is InChI=1S/C18H19N3S/c1-2-13-5-7-14(8-6-13)15-11-22-18-16(15)17(19-12-20-18)21-9-3-4-10-21/h5-8,11-12H,2-4,9-10H2,1H3. The van der Waals surface area contributed by atoms with Crippen LogP contribution in [0.5, 0.6) is 0 Å². The molecule has 1 saturated heterocycles. The molecule has 3 heterocycles. The summed E-state index contributed by atoms with van der Waals surface area (Å²) in [5.74, 6) is 1.11. The molecule has 0 saturated carbocycles. The maximum atomic E-state index is 4.60. The molecule has 0 atom stereocenters. The zero-order valence-electron chi connectivity index (χ0n) is 12.7. The lowest BCUT2D eigenvalue weighted by Crippen LogP contribution is -2.19. The third-order valence-corrected chi connectivity index (χ3v) is 5.32. The van der Waals surface area contributed by atoms with Gasteiger partial charge in [-0.2, -0.15) is 0 Å². The van der Waals surface area contributed by atoms with Crippen molar-refractivity contribution in [2.24, 2.45) is 0 Å². The van der Waals surface area contributed by atoms with Gasteiger partial charge in [-0.1, -0.05) is 31.2 Å². The van der Waals surface area contributed by atoms with Crippen LogP contribution < -0.4 is 4.90 Å². The van der Waals surface area contributed by atoms with Crippen molar-refractivity contribution in [2.45, 2.75) is 26.2 Å². The van der Waals surface area contributed by atoms with Crippen molar-refractivity contribution in [3.63, 3.8) is 0 Å². The topological polar surface area (TPSA) is 29.0 Å². The third kappa shape index (κ3) is 2.28. The van der Waals surface area contributed by atoms with Crippen molar-refractivity contribution in [3.05, 3.63) is 41.5 Å². The van der Waals surface area contributed by atoms with Gasteiger partial charge in [-0.3, -0.25) is 0 Å². The first-order valence-electron chi connectivity index (χ1n) is 7.93. The van der Waals surface area contributed by atoms with E-state index < -0.39 is 0 Å². The largest absolute Gasteiger partial charge is 0.356 e. The maximum absolute atomic E-state index is 4.60. The van der Waals surface area contributed by atoms with Crippen LogP contribution in [-0.4, -0.2) is 23.1 Å². The second-order valence-corrected chi connectivity index (χ2v) is 6.63. The SMILES string of the molecule is CCc1ccc(-c2csc3ncnc(N4CCCC4)c23)cc1. The second-order valence-electron chi connectivity index (χ2n) is 5.77. The summed E-state index contributed by atoms with van der Waals surface area (Å²) in [5.41, 5.74) is 3.91. The molecule has 1 aliphatic heterocycles. The number of anilines is 1. The first kappa shape index (κ1) is 13.7. The predicted molar refractivity (Wildman–Crippen MR) is 93.7 cm³/mol. The molecule has 22 heavy (non-hydrogen) atoms. The molecule has 3 nitrogen and oxygen atoms in total. The van der Waals surface area contributed by atoms with E-state index in [1.54, 1.807) is 17.7 Å². The summed E-state index contributed by atoms with van der Waals surface area (Å²) >= 11 is 1.71. The van der Waals surface area contributed by atoms with E-state index in [0.717, 1.165) is 30.2 Å². The Bertz CT molecular complexity index is 786. The Morgan fingerprint density at radius 2 is 1.86 bits per heavy atom. The van der Waals surface area contributed by atoms with Gasteiger partial charge in [0.1, 0.15) is 17.0 Å². The highest BCUT2D eigenvalue weighted by atomic mass is 32.1. The molecule has 112 valence electrons. The number of nitrogens with zero attached hydrogens (tertiary/aromatic N) is 3. The molecule has 4 heteroatoms. The van der Waals surface area contributed by atoms with E-state index >= 15 is 0 Å². The predicted octanol–water partition coefficient (Wildman–Crippen LogP) is 4.52. The average Bonchev–Trinajstić information content (AvgIpc) is 3.24. The average molecular weight is 309 g/mol. The maximum Gasteiger partial charge on any atom is 0.141 e. The van der Waals surface area contributed by atoms with Gasteiger partial charge in [0.15, 0.2) is 0 Å². The summed E-state index contributed by atoms with van der Waals surface area (Å²) in [4.78, 5) is 12.6. The highest BCUT2D eigenvalue weighted by Gasteiger charge is 2.20. The van der Waals surface area contributed by atoms with Crippen LogP contribution in [0.25, 0.3) is 21.3 Å². The first-order chi connectivity index (χ1) is 10.9. The highest BCUT2D eigenvalue weighted by molar-refractivity contribution is 7.17. The highest BCUT2D eigenvalue weighted by Crippen LogP contribution is 2.38. The quantitative estimate of drug-likeness (QED) is 0.712. The summed E-state index contributed by atoms with van der Waals surface area (Å²) < 4.78 is 0. The Labute approximate surface area is 134 Å². The van der Waals surface area contributed by atoms with Gasteiger partial charge in [0.25, 0.3) is 0 Å². The van der Waals surface area contributed by atoms with Crippen molar-refractivity contribution in [1.82, 2.24) is 9.97 Å². The Hall–Kier alpha value is -1.94. The Kier molecular flexibility index (Phi) is 3.54. The fourth-order valence-corrected chi connectivity index (χ4v) is 4.07. The number of rotatable bonds is 3. The molecule has 1 aromatic carbocycles. The van der Waals surface area contributed by atoms with Crippen LogP contribution in [0.3, 0.4) is 0 Å². The number of benzene rings is 1. The number of fused-ring (bicyclic) bond motifs is 1. The van der Waals surface area contributed by atoms with Gasteiger partial charge in [0, 0.05) is 24.0 Å². The lowest BCUT2D eigenvalue weighted by molar-refractivity contribution is 0.940. The van der Waals surface area contributed by atoms with Crippen LogP contribution >= 0.6 is 11.3 Å². The van der Waals surface area contributed by atoms with Gasteiger partial charge in [-0.15, -0.1) is 11.3 Å². The van der Waals surface area contributed by atoms with Crippen LogP contribution in [0.2, 0.25) is 0 Å². The fraction of sp³-hybridized carbons (Fsp3) is 0.333. The van der Waals surface area contributed by atoms with E-state index in [1.165, 1.54) is 34.9 Å². The number of aryl methyl sites for hydroxylation is 1. The molecule has 1 fully saturated rings. The van der Waals surface area contributed by atoms with Crippen LogP contribution in [0.1, 0.15) is 25.3 Å². The summed E-state index contributed by atoms with van der Waals surface area (Å²) in [7, 11) is 0. The minimum Gasteiger partial charge on any atom is -0.356 e. The van der Waals surface area contributed by atoms with Crippen LogP contribution in [0.4, 0.5) is 5.82 Å². The third-order valence-electron chi connectivity index (χ3n) is 4.43. The van der Waals surface area contributed by atoms with E-state index in [1.807, 2.05) is 0 Å². The number of aromatic nitrogens is 2. The van der Waals surface area contributed by atoms with Crippen molar-refractivity contribution >= 4 is 27.4 Å². The minimum atomic E-state index is 1.08. The number of thiophene rings is 1. The molecule has 0 spiro atoms. The second kappa shape index (κ2) is 5.69. The summed E-state index contributed by atoms with van der Waals surface area (Å²) in [6.45, 7) is 4.40. The Balaban J connectivity index is 1.86. The lowest BCUT2D eigenvalue weighted by Gasteiger charge is -2.17. The molecular formula is C18H19N3S. The summed E-state index contributed by atoms with van der Waals surface area (Å²) in [5, 5.41) is 3.44. The lowest BCUT2D eigenvalue weighted by atomic mass is 10.0. The molecule has 4 rings (SSSR count). The van der Waals surface area contributed by atoms with Gasteiger partial charge in [-0.05, 0) is 30.4 Å². The van der Waals surface area contributed by atoms with Gasteiger partial charge in [0.05, 0.1) is 5.39 Å². The number of hydrogen-bond acceptors (Lipinski definition) is 4. The number of hydrogen-bond donors (Lipinski definition) is 0. The molecule has 0 aliphatic carbocycles. The van der Waals surface area contributed by atoms with Crippen LogP contribution in [0.15, 0.2) is 36.0 Å². The van der Waals surface area contributed by atoms with Crippen LogP contribution in [0, 0.1) is 0 Å².